The van der Waals surface area contributed by atoms with Crippen LogP contribution in [0.1, 0.15) is 38.2 Å². The molecule has 2 heterocycles. The zero-order chi connectivity index (χ0) is 18.2. The number of morpholine rings is 1. The van der Waals surface area contributed by atoms with Crippen molar-refractivity contribution in [2.75, 3.05) is 52.5 Å². The highest BCUT2D eigenvalue weighted by molar-refractivity contribution is 5.27. The molecule has 2 saturated heterocycles. The van der Waals surface area contributed by atoms with Crippen LogP contribution in [0, 0.1) is 0 Å². The van der Waals surface area contributed by atoms with E-state index in [0.29, 0.717) is 0 Å². The Morgan fingerprint density at radius 1 is 1.04 bits per heavy atom. The molecule has 0 bridgehead atoms. The molecular formula is C21H34N2O3. The molecule has 0 saturated carbocycles. The largest absolute Gasteiger partial charge is 0.494 e. The van der Waals surface area contributed by atoms with Crippen molar-refractivity contribution in [3.05, 3.63) is 29.8 Å². The minimum absolute atomic E-state index is 0.492. The van der Waals surface area contributed by atoms with Gasteiger partial charge in [-0.15, -0.1) is 0 Å². The van der Waals surface area contributed by atoms with Crippen molar-refractivity contribution in [2.45, 2.75) is 44.8 Å². The molecule has 146 valence electrons. The summed E-state index contributed by atoms with van der Waals surface area (Å²) >= 11 is 0. The van der Waals surface area contributed by atoms with Crippen LogP contribution >= 0.6 is 0 Å². The number of nitrogens with zero attached hydrogens (tertiary/aromatic N) is 2. The fraction of sp³-hybridized carbons (Fsp3) is 0.714. The van der Waals surface area contributed by atoms with Crippen LogP contribution < -0.4 is 4.74 Å². The third-order valence-corrected chi connectivity index (χ3v) is 5.48. The smallest absolute Gasteiger partial charge is 0.119 e. The van der Waals surface area contributed by atoms with Crippen LogP contribution in [0.5, 0.6) is 5.75 Å². The van der Waals surface area contributed by atoms with Crippen molar-refractivity contribution in [1.29, 1.82) is 0 Å². The first-order valence-electron chi connectivity index (χ1n) is 10.1. The van der Waals surface area contributed by atoms with Gasteiger partial charge in [0, 0.05) is 32.7 Å². The average molecular weight is 363 g/mol. The molecule has 0 amide bonds. The van der Waals surface area contributed by atoms with Crippen molar-refractivity contribution in [2.24, 2.45) is 0 Å². The van der Waals surface area contributed by atoms with Crippen molar-refractivity contribution in [3.8, 4) is 5.75 Å². The highest BCUT2D eigenvalue weighted by Gasteiger charge is 2.24. The Labute approximate surface area is 157 Å². The minimum atomic E-state index is -0.492. The lowest BCUT2D eigenvalue weighted by atomic mass is 9.98. The highest BCUT2D eigenvalue weighted by Crippen LogP contribution is 2.23. The Balaban J connectivity index is 1.36. The normalized spacial score (nSPS) is 25.8. The van der Waals surface area contributed by atoms with Crippen LogP contribution in [0.4, 0.5) is 0 Å². The molecule has 5 nitrogen and oxygen atoms in total. The summed E-state index contributed by atoms with van der Waals surface area (Å²) in [5.41, 5.74) is 0.820. The molecule has 1 unspecified atom stereocenters. The third-order valence-electron chi connectivity index (χ3n) is 5.48. The van der Waals surface area contributed by atoms with E-state index in [0.717, 1.165) is 90.5 Å². The Hall–Kier alpha value is -1.14. The first-order chi connectivity index (χ1) is 12.6. The van der Waals surface area contributed by atoms with Gasteiger partial charge in [0.15, 0.2) is 0 Å². The van der Waals surface area contributed by atoms with Gasteiger partial charge in [0.1, 0.15) is 5.75 Å². The van der Waals surface area contributed by atoms with Gasteiger partial charge < -0.3 is 14.6 Å². The number of hydrogen-bond acceptors (Lipinski definition) is 5. The molecule has 1 N–H and O–H groups in total. The summed E-state index contributed by atoms with van der Waals surface area (Å²) in [6, 6.07) is 8.50. The van der Waals surface area contributed by atoms with Gasteiger partial charge in [0.25, 0.3) is 0 Å². The summed E-state index contributed by atoms with van der Waals surface area (Å²) in [5, 5.41) is 10.2. The van der Waals surface area contributed by atoms with E-state index in [1.54, 1.807) is 0 Å². The molecule has 0 aliphatic carbocycles. The summed E-state index contributed by atoms with van der Waals surface area (Å²) in [7, 11) is 0. The minimum Gasteiger partial charge on any atom is -0.494 e. The summed E-state index contributed by atoms with van der Waals surface area (Å²) in [5.74, 6) is 0.953. The molecule has 0 aromatic heterocycles. The van der Waals surface area contributed by atoms with Gasteiger partial charge in [0.2, 0.25) is 0 Å². The van der Waals surface area contributed by atoms with Gasteiger partial charge >= 0.3 is 0 Å². The molecule has 5 heteroatoms. The maximum Gasteiger partial charge on any atom is 0.119 e. The van der Waals surface area contributed by atoms with Gasteiger partial charge in [-0.1, -0.05) is 12.1 Å². The fourth-order valence-electron chi connectivity index (χ4n) is 3.73. The van der Waals surface area contributed by atoms with Crippen molar-refractivity contribution in [3.63, 3.8) is 0 Å². The van der Waals surface area contributed by atoms with E-state index in [4.69, 9.17) is 9.47 Å². The monoisotopic (exact) mass is 362 g/mol. The summed E-state index contributed by atoms with van der Waals surface area (Å²) < 4.78 is 11.3. The topological polar surface area (TPSA) is 45.2 Å². The Morgan fingerprint density at radius 2 is 1.81 bits per heavy atom. The summed E-state index contributed by atoms with van der Waals surface area (Å²) in [6.45, 7) is 10.6. The maximum absolute atomic E-state index is 10.2. The number of rotatable bonds is 7. The highest BCUT2D eigenvalue weighted by atomic mass is 16.5. The average Bonchev–Trinajstić information content (AvgIpc) is 2.82. The van der Waals surface area contributed by atoms with E-state index >= 15 is 0 Å². The van der Waals surface area contributed by atoms with Crippen LogP contribution in [0.2, 0.25) is 0 Å². The molecule has 0 radical (unpaired) electrons. The van der Waals surface area contributed by atoms with Crippen LogP contribution in [0.25, 0.3) is 0 Å². The molecule has 1 aromatic carbocycles. The third kappa shape index (κ3) is 6.54. The van der Waals surface area contributed by atoms with Crippen LogP contribution in [0.3, 0.4) is 0 Å². The van der Waals surface area contributed by atoms with Crippen molar-refractivity contribution < 1.29 is 14.6 Å². The standard InChI is InChI=1S/C21H34N2O3/c1-21(24)8-2-10-23(12-9-21)18-19-4-6-20(7-5-19)26-15-3-11-22-13-16-25-17-14-22/h4-7,24H,2-3,8-18H2,1H3. The van der Waals surface area contributed by atoms with Gasteiger partial charge in [-0.2, -0.15) is 0 Å². The van der Waals surface area contributed by atoms with E-state index < -0.39 is 5.60 Å². The first-order valence-corrected chi connectivity index (χ1v) is 10.1. The first kappa shape index (κ1) is 19.6. The van der Waals surface area contributed by atoms with Crippen molar-refractivity contribution in [1.82, 2.24) is 9.80 Å². The van der Waals surface area contributed by atoms with E-state index in [2.05, 4.69) is 34.1 Å². The number of benzene rings is 1. The lowest BCUT2D eigenvalue weighted by Crippen LogP contribution is -2.37. The summed E-state index contributed by atoms with van der Waals surface area (Å²) in [6.07, 6.45) is 3.88. The SMILES string of the molecule is CC1(O)CCCN(Cc2ccc(OCCCN3CCOCC3)cc2)CC1. The van der Waals surface area contributed by atoms with Gasteiger partial charge in [0.05, 0.1) is 25.4 Å². The number of ether oxygens (including phenoxy) is 2. The van der Waals surface area contributed by atoms with E-state index in [9.17, 15) is 5.11 Å². The van der Waals surface area contributed by atoms with Gasteiger partial charge in [-0.05, 0) is 56.8 Å². The molecular weight excluding hydrogens is 328 g/mol. The Morgan fingerprint density at radius 3 is 2.58 bits per heavy atom. The molecule has 2 aliphatic rings. The number of likely N-dealkylation sites (tertiary alicyclic amines) is 1. The quantitative estimate of drug-likeness (QED) is 0.755. The zero-order valence-corrected chi connectivity index (χ0v) is 16.2. The van der Waals surface area contributed by atoms with E-state index in [-0.39, 0.29) is 0 Å². The molecule has 2 fully saturated rings. The second-order valence-corrected chi connectivity index (χ2v) is 7.93. The van der Waals surface area contributed by atoms with Crippen LogP contribution in [-0.2, 0) is 11.3 Å². The molecule has 0 spiro atoms. The Bertz CT molecular complexity index is 527. The zero-order valence-electron chi connectivity index (χ0n) is 16.2. The predicted octanol–water partition coefficient (Wildman–Crippen LogP) is 2.52. The molecule has 3 rings (SSSR count). The lowest BCUT2D eigenvalue weighted by Gasteiger charge is -2.26. The Kier molecular flexibility index (Phi) is 7.32. The molecule has 1 aromatic rings. The van der Waals surface area contributed by atoms with Crippen LogP contribution in [-0.4, -0.2) is 73.1 Å². The molecule has 1 atom stereocenters. The van der Waals surface area contributed by atoms with E-state index in [1.807, 2.05) is 6.92 Å². The predicted molar refractivity (Wildman–Crippen MR) is 104 cm³/mol. The second-order valence-electron chi connectivity index (χ2n) is 7.93. The lowest BCUT2D eigenvalue weighted by molar-refractivity contribution is 0.0358. The fourth-order valence-corrected chi connectivity index (χ4v) is 3.73. The second kappa shape index (κ2) is 9.70. The van der Waals surface area contributed by atoms with E-state index in [1.165, 1.54) is 5.56 Å². The van der Waals surface area contributed by atoms with Gasteiger partial charge in [-0.3, -0.25) is 9.80 Å². The van der Waals surface area contributed by atoms with Crippen LogP contribution in [0.15, 0.2) is 24.3 Å². The maximum atomic E-state index is 10.2. The molecule has 26 heavy (non-hydrogen) atoms. The van der Waals surface area contributed by atoms with Crippen molar-refractivity contribution >= 4 is 0 Å². The summed E-state index contributed by atoms with van der Waals surface area (Å²) in [4.78, 5) is 4.88. The number of aliphatic hydroxyl groups is 1. The number of hydrogen-bond donors (Lipinski definition) is 1. The van der Waals surface area contributed by atoms with Gasteiger partial charge in [-0.25, -0.2) is 0 Å². The molecule has 2 aliphatic heterocycles.